The zero-order valence-corrected chi connectivity index (χ0v) is 10.7. The van der Waals surface area contributed by atoms with E-state index in [9.17, 15) is 0 Å². The maximum absolute atomic E-state index is 5.80. The molecule has 3 rings (SSSR count). The summed E-state index contributed by atoms with van der Waals surface area (Å²) in [5.41, 5.74) is 2.32. The molecule has 1 aromatic carbocycles. The van der Waals surface area contributed by atoms with Crippen molar-refractivity contribution >= 4 is 0 Å². The number of aromatic nitrogens is 2. The van der Waals surface area contributed by atoms with E-state index in [1.807, 2.05) is 23.0 Å². The summed E-state index contributed by atoms with van der Waals surface area (Å²) < 4.78 is 7.74. The van der Waals surface area contributed by atoms with Gasteiger partial charge >= 0.3 is 0 Å². The van der Waals surface area contributed by atoms with Crippen LogP contribution in [0.3, 0.4) is 0 Å². The first kappa shape index (κ1) is 11.3. The molecule has 0 N–H and O–H groups in total. The monoisotopic (exact) mass is 242 g/mol. The summed E-state index contributed by atoms with van der Waals surface area (Å²) in [4.78, 5) is 0. The fourth-order valence-electron chi connectivity index (χ4n) is 1.95. The third-order valence-corrected chi connectivity index (χ3v) is 3.31. The molecule has 18 heavy (non-hydrogen) atoms. The number of hydrogen-bond donors (Lipinski definition) is 0. The third kappa shape index (κ3) is 2.55. The molecular formula is C15H18N2O. The van der Waals surface area contributed by atoms with Crippen LogP contribution in [0.25, 0.3) is 11.1 Å². The predicted molar refractivity (Wildman–Crippen MR) is 71.6 cm³/mol. The molecule has 3 heteroatoms. The molecule has 94 valence electrons. The topological polar surface area (TPSA) is 27.1 Å². The fraction of sp³-hybridized carbons (Fsp3) is 0.400. The average Bonchev–Trinajstić information content (AvgIpc) is 3.12. The number of benzene rings is 1. The molecular weight excluding hydrogens is 224 g/mol. The van der Waals surface area contributed by atoms with Crippen molar-refractivity contribution < 1.29 is 4.74 Å². The standard InChI is InChI=1S/C15H18N2O/c1-2-17-10-14(9-16-17)13-4-3-5-15(8-13)18-11-12-6-7-12/h3-5,8-10,12H,2,6-7,11H2,1H3. The molecule has 3 nitrogen and oxygen atoms in total. The SMILES string of the molecule is CCn1cc(-c2cccc(OCC3CC3)c2)cn1. The van der Waals surface area contributed by atoms with Gasteiger partial charge < -0.3 is 4.74 Å². The van der Waals surface area contributed by atoms with E-state index in [-0.39, 0.29) is 0 Å². The van der Waals surface area contributed by atoms with Gasteiger partial charge in [0.15, 0.2) is 0 Å². The summed E-state index contributed by atoms with van der Waals surface area (Å²) in [6.07, 6.45) is 6.62. The molecule has 0 spiro atoms. The van der Waals surface area contributed by atoms with Crippen LogP contribution in [0.4, 0.5) is 0 Å². The van der Waals surface area contributed by atoms with Crippen LogP contribution in [0.2, 0.25) is 0 Å². The lowest BCUT2D eigenvalue weighted by atomic mass is 10.1. The first-order valence-electron chi connectivity index (χ1n) is 6.61. The molecule has 0 unspecified atom stereocenters. The van der Waals surface area contributed by atoms with Crippen LogP contribution in [0.15, 0.2) is 36.7 Å². The molecule has 0 bridgehead atoms. The highest BCUT2D eigenvalue weighted by atomic mass is 16.5. The van der Waals surface area contributed by atoms with E-state index >= 15 is 0 Å². The highest BCUT2D eigenvalue weighted by Gasteiger charge is 2.21. The second-order valence-electron chi connectivity index (χ2n) is 4.87. The maximum Gasteiger partial charge on any atom is 0.119 e. The average molecular weight is 242 g/mol. The van der Waals surface area contributed by atoms with Crippen molar-refractivity contribution in [3.05, 3.63) is 36.7 Å². The second kappa shape index (κ2) is 4.84. The summed E-state index contributed by atoms with van der Waals surface area (Å²) in [5, 5.41) is 4.30. The normalized spacial score (nSPS) is 14.7. The van der Waals surface area contributed by atoms with E-state index in [4.69, 9.17) is 4.74 Å². The summed E-state index contributed by atoms with van der Waals surface area (Å²) in [6, 6.07) is 8.26. The van der Waals surface area contributed by atoms with Gasteiger partial charge in [-0.2, -0.15) is 5.10 Å². The number of aryl methyl sites for hydroxylation is 1. The Hall–Kier alpha value is -1.77. The zero-order valence-electron chi connectivity index (χ0n) is 10.7. The Labute approximate surface area is 107 Å². The highest BCUT2D eigenvalue weighted by molar-refractivity contribution is 5.63. The highest BCUT2D eigenvalue weighted by Crippen LogP contribution is 2.30. The maximum atomic E-state index is 5.80. The molecule has 0 aliphatic heterocycles. The first-order chi connectivity index (χ1) is 8.85. The van der Waals surface area contributed by atoms with Gasteiger partial charge in [0.2, 0.25) is 0 Å². The Kier molecular flexibility index (Phi) is 3.05. The van der Waals surface area contributed by atoms with Gasteiger partial charge in [-0.25, -0.2) is 0 Å². The molecule has 0 atom stereocenters. The Morgan fingerprint density at radius 3 is 2.94 bits per heavy atom. The van der Waals surface area contributed by atoms with Crippen LogP contribution in [-0.2, 0) is 6.54 Å². The Bertz CT molecular complexity index is 529. The van der Waals surface area contributed by atoms with Crippen molar-refractivity contribution in [1.29, 1.82) is 0 Å². The van der Waals surface area contributed by atoms with Gasteiger partial charge in [0.25, 0.3) is 0 Å². The molecule has 1 fully saturated rings. The fourth-order valence-corrected chi connectivity index (χ4v) is 1.95. The molecule has 1 saturated carbocycles. The van der Waals surface area contributed by atoms with Gasteiger partial charge in [-0.3, -0.25) is 4.68 Å². The van der Waals surface area contributed by atoms with Crippen molar-refractivity contribution in [3.63, 3.8) is 0 Å². The van der Waals surface area contributed by atoms with E-state index in [1.165, 1.54) is 18.4 Å². The Morgan fingerprint density at radius 1 is 1.33 bits per heavy atom. The van der Waals surface area contributed by atoms with E-state index in [2.05, 4.69) is 30.4 Å². The van der Waals surface area contributed by atoms with Gasteiger partial charge in [-0.1, -0.05) is 12.1 Å². The van der Waals surface area contributed by atoms with E-state index in [0.717, 1.165) is 30.4 Å². The molecule has 1 aliphatic rings. The van der Waals surface area contributed by atoms with Gasteiger partial charge in [-0.15, -0.1) is 0 Å². The lowest BCUT2D eigenvalue weighted by molar-refractivity contribution is 0.300. The van der Waals surface area contributed by atoms with Crippen molar-refractivity contribution in [2.75, 3.05) is 6.61 Å². The van der Waals surface area contributed by atoms with Crippen LogP contribution >= 0.6 is 0 Å². The molecule has 0 amide bonds. The van der Waals surface area contributed by atoms with Gasteiger partial charge in [-0.05, 0) is 43.4 Å². The smallest absolute Gasteiger partial charge is 0.119 e. The predicted octanol–water partition coefficient (Wildman–Crippen LogP) is 3.36. The lowest BCUT2D eigenvalue weighted by Gasteiger charge is -2.06. The summed E-state index contributed by atoms with van der Waals surface area (Å²) >= 11 is 0. The van der Waals surface area contributed by atoms with Gasteiger partial charge in [0.1, 0.15) is 5.75 Å². The van der Waals surface area contributed by atoms with E-state index < -0.39 is 0 Å². The third-order valence-electron chi connectivity index (χ3n) is 3.31. The summed E-state index contributed by atoms with van der Waals surface area (Å²) in [7, 11) is 0. The first-order valence-corrected chi connectivity index (χ1v) is 6.61. The van der Waals surface area contributed by atoms with Crippen LogP contribution < -0.4 is 4.74 Å². The number of hydrogen-bond acceptors (Lipinski definition) is 2. The lowest BCUT2D eigenvalue weighted by Crippen LogP contribution is -1.98. The Morgan fingerprint density at radius 2 is 2.22 bits per heavy atom. The molecule has 1 aliphatic carbocycles. The Balaban J connectivity index is 1.76. The minimum atomic E-state index is 0.788. The van der Waals surface area contributed by atoms with Gasteiger partial charge in [0.05, 0.1) is 12.8 Å². The molecule has 1 heterocycles. The molecule has 2 aromatic rings. The van der Waals surface area contributed by atoms with Crippen molar-refractivity contribution in [1.82, 2.24) is 9.78 Å². The van der Waals surface area contributed by atoms with Crippen molar-refractivity contribution in [2.24, 2.45) is 5.92 Å². The largest absolute Gasteiger partial charge is 0.493 e. The second-order valence-corrected chi connectivity index (χ2v) is 4.87. The molecule has 1 aromatic heterocycles. The number of ether oxygens (including phenoxy) is 1. The van der Waals surface area contributed by atoms with Crippen LogP contribution in [0.1, 0.15) is 19.8 Å². The minimum absolute atomic E-state index is 0.788. The van der Waals surface area contributed by atoms with Crippen LogP contribution in [-0.4, -0.2) is 16.4 Å². The number of nitrogens with zero attached hydrogens (tertiary/aromatic N) is 2. The zero-order chi connectivity index (χ0) is 12.4. The quantitative estimate of drug-likeness (QED) is 0.804. The summed E-state index contributed by atoms with van der Waals surface area (Å²) in [6.45, 7) is 3.85. The van der Waals surface area contributed by atoms with Crippen molar-refractivity contribution in [3.8, 4) is 16.9 Å². The van der Waals surface area contributed by atoms with Crippen molar-refractivity contribution in [2.45, 2.75) is 26.3 Å². The minimum Gasteiger partial charge on any atom is -0.493 e. The van der Waals surface area contributed by atoms with Gasteiger partial charge in [0, 0.05) is 18.3 Å². The van der Waals surface area contributed by atoms with E-state index in [0.29, 0.717) is 0 Å². The number of rotatable bonds is 5. The van der Waals surface area contributed by atoms with E-state index in [1.54, 1.807) is 0 Å². The molecule has 0 radical (unpaired) electrons. The summed E-state index contributed by atoms with van der Waals surface area (Å²) in [5.74, 6) is 1.75. The van der Waals surface area contributed by atoms with Crippen LogP contribution in [0, 0.1) is 5.92 Å². The molecule has 0 saturated heterocycles. The van der Waals surface area contributed by atoms with Crippen LogP contribution in [0.5, 0.6) is 5.75 Å².